The maximum atomic E-state index is 13.0. The van der Waals surface area contributed by atoms with Crippen molar-refractivity contribution in [3.05, 3.63) is 98.6 Å². The van der Waals surface area contributed by atoms with E-state index in [2.05, 4.69) is 0 Å². The van der Waals surface area contributed by atoms with Gasteiger partial charge in [0.05, 0.1) is 20.6 Å². The molecular weight excluding hydrogens is 460 g/mol. The van der Waals surface area contributed by atoms with Gasteiger partial charge in [-0.25, -0.2) is 9.29 Å². The third-order valence-corrected chi connectivity index (χ3v) is 6.06. The van der Waals surface area contributed by atoms with Crippen LogP contribution in [0.25, 0.3) is 6.08 Å². The molecule has 0 radical (unpaired) electrons. The zero-order valence-corrected chi connectivity index (χ0v) is 18.2. The van der Waals surface area contributed by atoms with Gasteiger partial charge in [-0.15, -0.1) is 0 Å². The van der Waals surface area contributed by atoms with Gasteiger partial charge in [0.2, 0.25) is 0 Å². The van der Waals surface area contributed by atoms with Crippen LogP contribution in [0, 0.1) is 5.82 Å². The lowest BCUT2D eigenvalue weighted by molar-refractivity contribution is -0.113. The first kappa shape index (κ1) is 21.4. The first-order valence-electron chi connectivity index (χ1n) is 9.11. The molecule has 31 heavy (non-hydrogen) atoms. The fourth-order valence-corrected chi connectivity index (χ4v) is 4.01. The van der Waals surface area contributed by atoms with Gasteiger partial charge >= 0.3 is 0 Å². The lowest BCUT2D eigenvalue weighted by atomic mass is 10.2. The highest BCUT2D eigenvalue weighted by Gasteiger charge is 2.36. The smallest absolute Gasteiger partial charge is 0.298 e. The molecule has 1 saturated heterocycles. The molecule has 0 bridgehead atoms. The minimum atomic E-state index is -0.426. The highest BCUT2D eigenvalue weighted by atomic mass is 35.5. The number of carbonyl (C=O) groups excluding carboxylic acids is 2. The van der Waals surface area contributed by atoms with Crippen LogP contribution in [0.2, 0.25) is 10.0 Å². The van der Waals surface area contributed by atoms with Crippen molar-refractivity contribution in [1.82, 2.24) is 0 Å². The predicted octanol–water partition coefficient (Wildman–Crippen LogP) is 6.95. The summed E-state index contributed by atoms with van der Waals surface area (Å²) in [5, 5.41) is 0.196. The summed E-state index contributed by atoms with van der Waals surface area (Å²) in [7, 11) is 0. The monoisotopic (exact) mass is 473 g/mol. The van der Waals surface area contributed by atoms with Crippen molar-refractivity contribution in [3.8, 4) is 5.75 Å². The number of ether oxygens (including phenoxy) is 1. The first-order chi connectivity index (χ1) is 14.9. The number of hydrogen-bond donors (Lipinski definition) is 0. The number of rotatable bonds is 5. The van der Waals surface area contributed by atoms with E-state index in [0.29, 0.717) is 28.0 Å². The number of hydrogen-bond acceptors (Lipinski definition) is 4. The zero-order chi connectivity index (χ0) is 22.0. The van der Waals surface area contributed by atoms with Gasteiger partial charge in [-0.2, -0.15) is 0 Å². The Kier molecular flexibility index (Phi) is 6.32. The van der Waals surface area contributed by atoms with Crippen LogP contribution in [0.1, 0.15) is 11.1 Å². The lowest BCUT2D eigenvalue weighted by Crippen LogP contribution is -2.27. The van der Waals surface area contributed by atoms with Gasteiger partial charge in [-0.05, 0) is 71.4 Å². The van der Waals surface area contributed by atoms with Crippen molar-refractivity contribution in [2.24, 2.45) is 0 Å². The maximum absolute atomic E-state index is 13.0. The fraction of sp³-hybridized carbons (Fsp3) is 0.0435. The summed E-state index contributed by atoms with van der Waals surface area (Å²) < 4.78 is 18.7. The molecule has 4 nitrogen and oxygen atoms in total. The van der Waals surface area contributed by atoms with Gasteiger partial charge in [-0.3, -0.25) is 9.59 Å². The molecule has 1 aliphatic heterocycles. The number of amides is 2. The molecule has 156 valence electrons. The van der Waals surface area contributed by atoms with E-state index in [0.717, 1.165) is 27.8 Å². The van der Waals surface area contributed by atoms with E-state index in [1.54, 1.807) is 48.5 Å². The molecular formula is C23H14Cl2FNO3S. The molecule has 0 aliphatic carbocycles. The Labute approximate surface area is 192 Å². The van der Waals surface area contributed by atoms with E-state index in [-0.39, 0.29) is 10.8 Å². The Morgan fingerprint density at radius 2 is 1.65 bits per heavy atom. The van der Waals surface area contributed by atoms with E-state index in [4.69, 9.17) is 27.9 Å². The van der Waals surface area contributed by atoms with Crippen LogP contribution in [-0.4, -0.2) is 11.1 Å². The Balaban J connectivity index is 1.45. The second-order valence-corrected chi connectivity index (χ2v) is 8.41. The second kappa shape index (κ2) is 9.14. The van der Waals surface area contributed by atoms with Crippen molar-refractivity contribution in [2.75, 3.05) is 4.90 Å². The first-order valence-corrected chi connectivity index (χ1v) is 10.7. The number of imide groups is 1. The number of thioether (sulfide) groups is 1. The van der Waals surface area contributed by atoms with Gasteiger partial charge in [0.25, 0.3) is 11.1 Å². The van der Waals surface area contributed by atoms with E-state index in [1.165, 1.54) is 24.3 Å². The molecule has 0 spiro atoms. The van der Waals surface area contributed by atoms with Gasteiger partial charge in [0, 0.05) is 0 Å². The normalized spacial score (nSPS) is 15.1. The molecule has 3 aromatic rings. The average molecular weight is 474 g/mol. The van der Waals surface area contributed by atoms with E-state index < -0.39 is 11.1 Å². The van der Waals surface area contributed by atoms with Crippen molar-refractivity contribution in [2.45, 2.75) is 6.61 Å². The van der Waals surface area contributed by atoms with Crippen molar-refractivity contribution in [1.29, 1.82) is 0 Å². The Bertz CT molecular complexity index is 1180. The summed E-state index contributed by atoms with van der Waals surface area (Å²) >= 11 is 12.8. The molecule has 1 aliphatic rings. The van der Waals surface area contributed by atoms with Crippen molar-refractivity contribution >= 4 is 57.9 Å². The summed E-state index contributed by atoms with van der Waals surface area (Å²) in [4.78, 5) is 26.5. The van der Waals surface area contributed by atoms with Gasteiger partial charge in [0.15, 0.2) is 0 Å². The minimum absolute atomic E-state index is 0.262. The van der Waals surface area contributed by atoms with Crippen LogP contribution in [0.3, 0.4) is 0 Å². The third-order valence-electron chi connectivity index (χ3n) is 4.45. The summed E-state index contributed by atoms with van der Waals surface area (Å²) in [6.45, 7) is 0.308. The number of halogens is 3. The second-order valence-electron chi connectivity index (χ2n) is 6.60. The highest BCUT2D eigenvalue weighted by Crippen LogP contribution is 2.37. The summed E-state index contributed by atoms with van der Waals surface area (Å²) in [6, 6.07) is 17.8. The Morgan fingerprint density at radius 3 is 2.32 bits per heavy atom. The predicted molar refractivity (Wildman–Crippen MR) is 122 cm³/mol. The Hall–Kier alpha value is -2.80. The van der Waals surface area contributed by atoms with E-state index in [9.17, 15) is 14.0 Å². The molecule has 0 N–H and O–H groups in total. The highest BCUT2D eigenvalue weighted by molar-refractivity contribution is 8.19. The molecule has 0 unspecified atom stereocenters. The van der Waals surface area contributed by atoms with Crippen LogP contribution in [0.5, 0.6) is 5.75 Å². The van der Waals surface area contributed by atoms with Crippen LogP contribution in [-0.2, 0) is 11.4 Å². The molecule has 4 rings (SSSR count). The van der Waals surface area contributed by atoms with E-state index >= 15 is 0 Å². The molecule has 0 saturated carbocycles. The topological polar surface area (TPSA) is 46.6 Å². The molecule has 2 amide bonds. The van der Waals surface area contributed by atoms with Crippen LogP contribution in [0.15, 0.2) is 71.6 Å². The van der Waals surface area contributed by atoms with E-state index in [1.807, 2.05) is 0 Å². The third kappa shape index (κ3) is 4.93. The largest absolute Gasteiger partial charge is 0.489 e. The van der Waals surface area contributed by atoms with Crippen LogP contribution < -0.4 is 9.64 Å². The number of benzene rings is 3. The van der Waals surface area contributed by atoms with Crippen LogP contribution in [0.4, 0.5) is 14.9 Å². The van der Waals surface area contributed by atoms with Gasteiger partial charge < -0.3 is 4.74 Å². The lowest BCUT2D eigenvalue weighted by Gasteiger charge is -2.13. The molecule has 0 aromatic heterocycles. The number of anilines is 1. The maximum Gasteiger partial charge on any atom is 0.298 e. The molecule has 3 aromatic carbocycles. The average Bonchev–Trinajstić information content (AvgIpc) is 3.03. The van der Waals surface area contributed by atoms with Gasteiger partial charge in [-0.1, -0.05) is 47.5 Å². The Morgan fingerprint density at radius 1 is 0.935 bits per heavy atom. The number of carbonyl (C=O) groups is 2. The fourth-order valence-electron chi connectivity index (χ4n) is 2.87. The molecule has 1 heterocycles. The zero-order valence-electron chi connectivity index (χ0n) is 15.8. The van der Waals surface area contributed by atoms with Crippen LogP contribution >= 0.6 is 35.0 Å². The SMILES string of the molecule is O=C1S/C(=C\c2ccc(OCc3ccc(F)cc3)cc2)C(=O)N1c1ccc(Cl)c(Cl)c1. The summed E-state index contributed by atoms with van der Waals surface area (Å²) in [5.41, 5.74) is 1.96. The van der Waals surface area contributed by atoms with Crippen molar-refractivity contribution in [3.63, 3.8) is 0 Å². The minimum Gasteiger partial charge on any atom is -0.489 e. The summed E-state index contributed by atoms with van der Waals surface area (Å²) in [5.74, 6) is -0.0907. The standard InChI is InChI=1S/C23H14Cl2FNO3S/c24-19-10-7-17(12-20(19)25)27-22(28)21(31-23(27)29)11-14-3-8-18(9-4-14)30-13-15-1-5-16(26)6-2-15/h1-12H,13H2/b21-11-. The number of nitrogens with zero attached hydrogens (tertiary/aromatic N) is 1. The molecule has 8 heteroatoms. The van der Waals surface area contributed by atoms with Crippen molar-refractivity contribution < 1.29 is 18.7 Å². The molecule has 1 fully saturated rings. The summed E-state index contributed by atoms with van der Waals surface area (Å²) in [6.07, 6.45) is 1.65. The quantitative estimate of drug-likeness (QED) is 0.376. The van der Waals surface area contributed by atoms with Gasteiger partial charge in [0.1, 0.15) is 18.2 Å². The molecule has 0 atom stereocenters.